The lowest BCUT2D eigenvalue weighted by Gasteiger charge is -2.23. The number of benzene rings is 4. The predicted molar refractivity (Wildman–Crippen MR) is 178 cm³/mol. The lowest BCUT2D eigenvalue weighted by Crippen LogP contribution is -2.50. The largest absolute Gasteiger partial charge is 0.348 e. The van der Waals surface area contributed by atoms with E-state index in [-0.39, 0.29) is 18.1 Å². The Kier molecular flexibility index (Phi) is 10.8. The number of amides is 2. The zero-order valence-corrected chi connectivity index (χ0v) is 25.8. The summed E-state index contributed by atoms with van der Waals surface area (Å²) in [5, 5.41) is 4.84. The molecule has 1 aliphatic heterocycles. The summed E-state index contributed by atoms with van der Waals surface area (Å²) in [7, 11) is -3.85. The summed E-state index contributed by atoms with van der Waals surface area (Å²) in [5.74, 6) is -1.02. The smallest absolute Gasteiger partial charge is 0.262 e. The van der Waals surface area contributed by atoms with E-state index in [0.29, 0.717) is 24.9 Å². The van der Waals surface area contributed by atoms with Crippen LogP contribution in [0, 0.1) is 0 Å². The summed E-state index contributed by atoms with van der Waals surface area (Å²) in [6, 6.07) is 34.4. The lowest BCUT2D eigenvalue weighted by molar-refractivity contribution is -0.123. The summed E-state index contributed by atoms with van der Waals surface area (Å²) in [4.78, 5) is 26.7. The summed E-state index contributed by atoms with van der Waals surface area (Å²) in [5.41, 5.74) is 7.61. The van der Waals surface area contributed by atoms with Crippen molar-refractivity contribution in [2.75, 3.05) is 11.6 Å². The fourth-order valence-corrected chi connectivity index (χ4v) is 6.72. The average Bonchev–Trinajstić information content (AvgIpc) is 3.45. The van der Waals surface area contributed by atoms with Crippen LogP contribution in [0.1, 0.15) is 28.7 Å². The quantitative estimate of drug-likeness (QED) is 0.180. The first-order valence-corrected chi connectivity index (χ1v) is 16.8. The zero-order chi connectivity index (χ0) is 31.5. The highest BCUT2D eigenvalue weighted by Gasteiger charge is 2.27. The molecule has 45 heavy (non-hydrogen) atoms. The SMILES string of the molecule is O=C(/C=C/C(CCc1ccccc1)NC(=O)[C@H](Cc1ccccc1)NS(=O)(=O)Cc1ccccc1)NN1CCc2ccccc21. The van der Waals surface area contributed by atoms with Gasteiger partial charge in [0, 0.05) is 18.7 Å². The van der Waals surface area contributed by atoms with Crippen LogP contribution in [0.25, 0.3) is 0 Å². The minimum absolute atomic E-state index is 0.171. The number of carbonyl (C=O) groups excluding carboxylic acids is 2. The number of fused-ring (bicyclic) bond motifs is 1. The topological polar surface area (TPSA) is 108 Å². The van der Waals surface area contributed by atoms with E-state index in [1.165, 1.54) is 11.6 Å². The molecule has 1 aliphatic rings. The van der Waals surface area contributed by atoms with Gasteiger partial charge < -0.3 is 5.32 Å². The third-order valence-electron chi connectivity index (χ3n) is 7.65. The lowest BCUT2D eigenvalue weighted by atomic mass is 10.0. The van der Waals surface area contributed by atoms with E-state index >= 15 is 0 Å². The van der Waals surface area contributed by atoms with Gasteiger partial charge in [-0.1, -0.05) is 115 Å². The Balaban J connectivity index is 1.31. The first kappa shape index (κ1) is 31.7. The van der Waals surface area contributed by atoms with Crippen molar-refractivity contribution >= 4 is 27.5 Å². The molecule has 4 aromatic rings. The number of nitrogens with zero attached hydrogens (tertiary/aromatic N) is 1. The molecule has 0 aliphatic carbocycles. The van der Waals surface area contributed by atoms with Crippen molar-refractivity contribution in [3.05, 3.63) is 150 Å². The maximum atomic E-state index is 13.8. The second-order valence-electron chi connectivity index (χ2n) is 11.1. The van der Waals surface area contributed by atoms with Crippen LogP contribution < -0.4 is 20.5 Å². The second-order valence-corrected chi connectivity index (χ2v) is 12.9. The van der Waals surface area contributed by atoms with E-state index in [1.807, 2.05) is 96.0 Å². The molecule has 0 bridgehead atoms. The number of nitrogens with one attached hydrogen (secondary N) is 3. The number of hydrazine groups is 1. The molecule has 0 aromatic heterocycles. The average molecular weight is 623 g/mol. The predicted octanol–water partition coefficient (Wildman–Crippen LogP) is 4.49. The van der Waals surface area contributed by atoms with Gasteiger partial charge in [-0.15, -0.1) is 0 Å². The van der Waals surface area contributed by atoms with Crippen molar-refractivity contribution in [3.63, 3.8) is 0 Å². The molecule has 3 N–H and O–H groups in total. The molecule has 2 atom stereocenters. The number of hydrogen-bond donors (Lipinski definition) is 3. The standard InChI is InChI=1S/C36H38N4O4S/c41-35(38-40-25-24-31-18-10-11-19-34(31)40)23-22-32(21-20-28-12-4-1-5-13-28)37-36(42)33(26-29-14-6-2-7-15-29)39-45(43,44)27-30-16-8-3-9-17-30/h1-19,22-23,32-33,39H,20-21,24-27H2,(H,37,42)(H,38,41)/b23-22+/t32?,33-/m0/s1. The number of hydrogen-bond acceptors (Lipinski definition) is 5. The molecule has 1 heterocycles. The number of anilines is 1. The molecule has 1 unspecified atom stereocenters. The van der Waals surface area contributed by atoms with Gasteiger partial charge in [0.05, 0.1) is 11.4 Å². The Morgan fingerprint density at radius 3 is 2.07 bits per heavy atom. The molecule has 0 radical (unpaired) electrons. The first-order valence-electron chi connectivity index (χ1n) is 15.1. The van der Waals surface area contributed by atoms with Crippen molar-refractivity contribution in [1.29, 1.82) is 0 Å². The van der Waals surface area contributed by atoms with Crippen LogP contribution in [-0.2, 0) is 44.6 Å². The van der Waals surface area contributed by atoms with Crippen LogP contribution in [-0.4, -0.2) is 38.9 Å². The normalized spacial score (nSPS) is 14.1. The van der Waals surface area contributed by atoms with Crippen molar-refractivity contribution in [2.45, 2.75) is 43.5 Å². The molecule has 0 fully saturated rings. The highest BCUT2D eigenvalue weighted by molar-refractivity contribution is 7.88. The Morgan fingerprint density at radius 2 is 1.38 bits per heavy atom. The number of aryl methyl sites for hydroxylation is 1. The van der Waals surface area contributed by atoms with Crippen LogP contribution in [0.2, 0.25) is 0 Å². The number of sulfonamides is 1. The van der Waals surface area contributed by atoms with Gasteiger partial charge in [-0.3, -0.25) is 20.0 Å². The first-order chi connectivity index (χ1) is 21.8. The highest BCUT2D eigenvalue weighted by atomic mass is 32.2. The van der Waals surface area contributed by atoms with E-state index in [2.05, 4.69) is 15.5 Å². The summed E-state index contributed by atoms with van der Waals surface area (Å²) >= 11 is 0. The van der Waals surface area contributed by atoms with Gasteiger partial charge in [-0.05, 0) is 54.0 Å². The van der Waals surface area contributed by atoms with Crippen LogP contribution in [0.5, 0.6) is 0 Å². The number of rotatable bonds is 14. The van der Waals surface area contributed by atoms with E-state index < -0.39 is 28.0 Å². The number of carbonyl (C=O) groups is 2. The minimum atomic E-state index is -3.85. The van der Waals surface area contributed by atoms with E-state index in [0.717, 1.165) is 23.2 Å². The van der Waals surface area contributed by atoms with Gasteiger partial charge in [0.2, 0.25) is 15.9 Å². The zero-order valence-electron chi connectivity index (χ0n) is 25.0. The molecule has 232 valence electrons. The Hall–Kier alpha value is -4.73. The van der Waals surface area contributed by atoms with E-state index in [1.54, 1.807) is 30.3 Å². The van der Waals surface area contributed by atoms with E-state index in [4.69, 9.17) is 0 Å². The van der Waals surface area contributed by atoms with Gasteiger partial charge in [0.15, 0.2) is 0 Å². The van der Waals surface area contributed by atoms with Gasteiger partial charge in [-0.25, -0.2) is 13.1 Å². The third kappa shape index (κ3) is 9.63. The Bertz CT molecular complexity index is 1700. The highest BCUT2D eigenvalue weighted by Crippen LogP contribution is 2.25. The van der Waals surface area contributed by atoms with Crippen LogP contribution in [0.15, 0.2) is 127 Å². The molecule has 9 heteroatoms. The maximum absolute atomic E-state index is 13.8. The molecule has 8 nitrogen and oxygen atoms in total. The summed E-state index contributed by atoms with van der Waals surface area (Å²) < 4.78 is 29.1. The number of para-hydroxylation sites is 1. The maximum Gasteiger partial charge on any atom is 0.262 e. The van der Waals surface area contributed by atoms with Gasteiger partial charge in [-0.2, -0.15) is 0 Å². The van der Waals surface area contributed by atoms with Crippen LogP contribution in [0.4, 0.5) is 5.69 Å². The van der Waals surface area contributed by atoms with Gasteiger partial charge >= 0.3 is 0 Å². The fraction of sp³-hybridized carbons (Fsp3) is 0.222. The van der Waals surface area contributed by atoms with Crippen LogP contribution >= 0.6 is 0 Å². The molecule has 0 saturated heterocycles. The third-order valence-corrected chi connectivity index (χ3v) is 9.00. The fourth-order valence-electron chi connectivity index (χ4n) is 5.38. The molecular weight excluding hydrogens is 584 g/mol. The van der Waals surface area contributed by atoms with Crippen molar-refractivity contribution in [3.8, 4) is 0 Å². The van der Waals surface area contributed by atoms with Crippen LogP contribution in [0.3, 0.4) is 0 Å². The molecule has 4 aromatic carbocycles. The summed E-state index contributed by atoms with van der Waals surface area (Å²) in [6.07, 6.45) is 5.30. The summed E-state index contributed by atoms with van der Waals surface area (Å²) in [6.45, 7) is 0.678. The molecule has 5 rings (SSSR count). The molecule has 0 saturated carbocycles. The monoisotopic (exact) mass is 622 g/mol. The minimum Gasteiger partial charge on any atom is -0.348 e. The second kappa shape index (κ2) is 15.3. The van der Waals surface area contributed by atoms with Gasteiger partial charge in [0.25, 0.3) is 5.91 Å². The molecule has 0 spiro atoms. The molecular formula is C36H38N4O4S. The van der Waals surface area contributed by atoms with Crippen molar-refractivity contribution < 1.29 is 18.0 Å². The Morgan fingerprint density at radius 1 is 0.778 bits per heavy atom. The van der Waals surface area contributed by atoms with Crippen molar-refractivity contribution in [1.82, 2.24) is 15.5 Å². The van der Waals surface area contributed by atoms with E-state index in [9.17, 15) is 18.0 Å². The van der Waals surface area contributed by atoms with Gasteiger partial charge in [0.1, 0.15) is 6.04 Å². The Labute approximate surface area is 265 Å². The van der Waals surface area contributed by atoms with Crippen molar-refractivity contribution in [2.24, 2.45) is 0 Å². The molecule has 2 amide bonds.